The van der Waals surface area contributed by atoms with E-state index >= 15 is 0 Å². The number of carbonyl (C=O) groups excluding carboxylic acids is 3. The smallest absolute Gasteiger partial charge is 0.306 e. The Hall–Kier alpha value is -3.67. The van der Waals surface area contributed by atoms with E-state index in [1.807, 2.05) is 0 Å². The zero-order chi connectivity index (χ0) is 50.0. The van der Waals surface area contributed by atoms with Gasteiger partial charge in [0.15, 0.2) is 6.10 Å². The fourth-order valence-corrected chi connectivity index (χ4v) is 7.71. The van der Waals surface area contributed by atoms with Crippen LogP contribution in [0, 0.1) is 0 Å². The molecule has 0 saturated carbocycles. The Morgan fingerprint density at radius 3 is 0.928 bits per heavy atom. The van der Waals surface area contributed by atoms with Gasteiger partial charge in [0.2, 0.25) is 0 Å². The molecule has 0 aliphatic carbocycles. The molecule has 0 aromatic carbocycles. The van der Waals surface area contributed by atoms with Crippen molar-refractivity contribution < 1.29 is 28.6 Å². The van der Waals surface area contributed by atoms with Crippen molar-refractivity contribution in [3.63, 3.8) is 0 Å². The van der Waals surface area contributed by atoms with Crippen molar-refractivity contribution >= 4 is 17.9 Å². The van der Waals surface area contributed by atoms with Crippen LogP contribution in [0.4, 0.5) is 0 Å². The Kier molecular flexibility index (Phi) is 53.9. The molecule has 394 valence electrons. The van der Waals surface area contributed by atoms with Crippen LogP contribution in [0.2, 0.25) is 0 Å². The summed E-state index contributed by atoms with van der Waals surface area (Å²) in [6.45, 7) is 6.45. The van der Waals surface area contributed by atoms with Crippen LogP contribution in [-0.2, 0) is 28.6 Å². The van der Waals surface area contributed by atoms with Crippen LogP contribution < -0.4 is 0 Å². The zero-order valence-electron chi connectivity index (χ0n) is 45.0. The summed E-state index contributed by atoms with van der Waals surface area (Å²) in [5, 5.41) is 0. The maximum atomic E-state index is 12.9. The summed E-state index contributed by atoms with van der Waals surface area (Å²) in [6.07, 6.45) is 75.3. The predicted octanol–water partition coefficient (Wildman–Crippen LogP) is 19.3. The predicted molar refractivity (Wildman–Crippen MR) is 297 cm³/mol. The highest BCUT2D eigenvalue weighted by Gasteiger charge is 2.19. The number of hydrogen-bond acceptors (Lipinski definition) is 6. The van der Waals surface area contributed by atoms with E-state index in [9.17, 15) is 14.4 Å². The molecule has 0 saturated heterocycles. The highest BCUT2D eigenvalue weighted by molar-refractivity contribution is 5.71. The Balaban J connectivity index is 4.44. The molecule has 1 atom stereocenters. The summed E-state index contributed by atoms with van der Waals surface area (Å²) >= 11 is 0. The fourth-order valence-electron chi connectivity index (χ4n) is 7.71. The molecule has 69 heavy (non-hydrogen) atoms. The van der Waals surface area contributed by atoms with Gasteiger partial charge in [0.25, 0.3) is 0 Å². The highest BCUT2D eigenvalue weighted by atomic mass is 16.6. The summed E-state index contributed by atoms with van der Waals surface area (Å²) in [5.74, 6) is -0.925. The standard InChI is InChI=1S/C63H106O6/c1-4-7-10-13-16-19-22-25-28-30-32-34-35-38-41-44-47-50-53-56-62(65)68-59-60(58-67-61(64)55-52-49-46-43-40-37-27-24-21-18-15-12-9-6-3)69-63(66)57-54-51-48-45-42-39-36-33-31-29-26-23-20-17-14-11-8-5-2/h7,10,15-16,18-20,23-25,27-29,31-32,34,60H,4-6,8-9,11-14,17,21-22,26,30,33,35-59H2,1-3H3/b10-7-,18-15-,19-16-,23-20-,27-24-,28-25-,31-29-,34-32-. The van der Waals surface area contributed by atoms with Gasteiger partial charge < -0.3 is 14.2 Å². The minimum absolute atomic E-state index is 0.0933. The quantitative estimate of drug-likeness (QED) is 0.0262. The van der Waals surface area contributed by atoms with E-state index in [0.29, 0.717) is 19.3 Å². The number of allylic oxidation sites excluding steroid dienone is 16. The van der Waals surface area contributed by atoms with Crippen LogP contribution in [0.5, 0.6) is 0 Å². The average Bonchev–Trinajstić information content (AvgIpc) is 3.35. The third-order valence-corrected chi connectivity index (χ3v) is 12.0. The molecule has 0 radical (unpaired) electrons. The van der Waals surface area contributed by atoms with Crippen LogP contribution >= 0.6 is 0 Å². The number of rotatable bonds is 51. The van der Waals surface area contributed by atoms with E-state index in [1.165, 1.54) is 89.9 Å². The molecular weight excluding hydrogens is 853 g/mol. The van der Waals surface area contributed by atoms with Gasteiger partial charge in [-0.05, 0) is 116 Å². The Morgan fingerprint density at radius 1 is 0.304 bits per heavy atom. The monoisotopic (exact) mass is 959 g/mol. The molecule has 0 rings (SSSR count). The van der Waals surface area contributed by atoms with E-state index in [-0.39, 0.29) is 31.1 Å². The van der Waals surface area contributed by atoms with E-state index in [4.69, 9.17) is 14.2 Å². The summed E-state index contributed by atoms with van der Waals surface area (Å²) in [5.41, 5.74) is 0. The molecule has 0 heterocycles. The molecule has 0 aromatic rings. The van der Waals surface area contributed by atoms with E-state index in [2.05, 4.69) is 118 Å². The topological polar surface area (TPSA) is 78.9 Å². The Bertz CT molecular complexity index is 1380. The van der Waals surface area contributed by atoms with Crippen molar-refractivity contribution in [2.45, 2.75) is 271 Å². The van der Waals surface area contributed by atoms with Crippen molar-refractivity contribution in [2.24, 2.45) is 0 Å². The van der Waals surface area contributed by atoms with Gasteiger partial charge >= 0.3 is 17.9 Å². The molecule has 0 spiro atoms. The molecule has 0 aliphatic rings. The largest absolute Gasteiger partial charge is 0.462 e. The van der Waals surface area contributed by atoms with Gasteiger partial charge in [-0.1, -0.05) is 227 Å². The summed E-state index contributed by atoms with van der Waals surface area (Å²) in [7, 11) is 0. The van der Waals surface area contributed by atoms with E-state index < -0.39 is 6.10 Å². The lowest BCUT2D eigenvalue weighted by atomic mass is 10.1. The summed E-state index contributed by atoms with van der Waals surface area (Å²) in [4.78, 5) is 38.2. The summed E-state index contributed by atoms with van der Waals surface area (Å²) < 4.78 is 16.8. The van der Waals surface area contributed by atoms with E-state index in [1.54, 1.807) is 0 Å². The fraction of sp³-hybridized carbons (Fsp3) is 0.698. The zero-order valence-corrected chi connectivity index (χ0v) is 45.0. The molecule has 6 heteroatoms. The molecule has 0 aliphatic heterocycles. The second-order valence-electron chi connectivity index (χ2n) is 18.8. The maximum Gasteiger partial charge on any atom is 0.306 e. The van der Waals surface area contributed by atoms with Crippen LogP contribution in [0.1, 0.15) is 265 Å². The molecule has 0 fully saturated rings. The van der Waals surface area contributed by atoms with Gasteiger partial charge in [0.1, 0.15) is 13.2 Å². The molecule has 0 N–H and O–H groups in total. The minimum Gasteiger partial charge on any atom is -0.462 e. The third kappa shape index (κ3) is 55.1. The number of unbranched alkanes of at least 4 members (excludes halogenated alkanes) is 24. The van der Waals surface area contributed by atoms with E-state index in [0.717, 1.165) is 135 Å². The number of hydrogen-bond donors (Lipinski definition) is 0. The second kappa shape index (κ2) is 56.9. The lowest BCUT2D eigenvalue weighted by Gasteiger charge is -2.18. The molecule has 6 nitrogen and oxygen atoms in total. The van der Waals surface area contributed by atoms with Gasteiger partial charge in [0.05, 0.1) is 0 Å². The first-order valence-corrected chi connectivity index (χ1v) is 28.7. The van der Waals surface area contributed by atoms with Crippen LogP contribution in [0.15, 0.2) is 97.2 Å². The highest BCUT2D eigenvalue weighted by Crippen LogP contribution is 2.14. The van der Waals surface area contributed by atoms with Gasteiger partial charge in [-0.2, -0.15) is 0 Å². The van der Waals surface area contributed by atoms with Crippen molar-refractivity contribution in [1.29, 1.82) is 0 Å². The Labute approximate surface area is 426 Å². The maximum absolute atomic E-state index is 12.9. The average molecular weight is 960 g/mol. The first-order chi connectivity index (χ1) is 34.0. The summed E-state index contributed by atoms with van der Waals surface area (Å²) in [6, 6.07) is 0. The SMILES string of the molecule is CC/C=C\C/C=C\C/C=C\C/C=C\CCCCCCCCC(=O)OCC(COC(=O)CCCCCCC/C=C\C/C=C\CCCC)OC(=O)CCCCCCCCC/C=C\C/C=C\CCCCCC. The van der Waals surface area contributed by atoms with Crippen molar-refractivity contribution in [1.82, 2.24) is 0 Å². The molecule has 0 aromatic heterocycles. The van der Waals surface area contributed by atoms with Crippen LogP contribution in [0.25, 0.3) is 0 Å². The first-order valence-electron chi connectivity index (χ1n) is 28.7. The Morgan fingerprint density at radius 2 is 0.580 bits per heavy atom. The number of ether oxygens (including phenoxy) is 3. The molecular formula is C63H106O6. The van der Waals surface area contributed by atoms with Crippen molar-refractivity contribution in [3.05, 3.63) is 97.2 Å². The lowest BCUT2D eigenvalue weighted by Crippen LogP contribution is -2.30. The molecule has 0 bridgehead atoms. The van der Waals surface area contributed by atoms with Gasteiger partial charge in [-0.3, -0.25) is 14.4 Å². The van der Waals surface area contributed by atoms with Crippen molar-refractivity contribution in [2.75, 3.05) is 13.2 Å². The van der Waals surface area contributed by atoms with Gasteiger partial charge in [-0.25, -0.2) is 0 Å². The van der Waals surface area contributed by atoms with Gasteiger partial charge in [-0.15, -0.1) is 0 Å². The number of esters is 3. The first kappa shape index (κ1) is 65.3. The normalized spacial score (nSPS) is 12.8. The minimum atomic E-state index is -0.795. The number of carbonyl (C=O) groups is 3. The van der Waals surface area contributed by atoms with Gasteiger partial charge in [0, 0.05) is 19.3 Å². The third-order valence-electron chi connectivity index (χ3n) is 12.0. The second-order valence-corrected chi connectivity index (χ2v) is 18.8. The van der Waals surface area contributed by atoms with Crippen LogP contribution in [0.3, 0.4) is 0 Å². The molecule has 0 amide bonds. The van der Waals surface area contributed by atoms with Crippen molar-refractivity contribution in [3.8, 4) is 0 Å². The molecule has 1 unspecified atom stereocenters. The lowest BCUT2D eigenvalue weighted by molar-refractivity contribution is -0.167. The van der Waals surface area contributed by atoms with Crippen LogP contribution in [-0.4, -0.2) is 37.2 Å².